The van der Waals surface area contributed by atoms with Gasteiger partial charge < -0.3 is 10.2 Å². The molecule has 162 valence electrons. The van der Waals surface area contributed by atoms with Gasteiger partial charge >= 0.3 is 0 Å². The van der Waals surface area contributed by atoms with Gasteiger partial charge in [0.2, 0.25) is 11.8 Å². The molecule has 4 nitrogen and oxygen atoms in total. The normalized spacial score (nSPS) is 11.7. The van der Waals surface area contributed by atoms with Crippen molar-refractivity contribution in [3.8, 4) is 0 Å². The van der Waals surface area contributed by atoms with Gasteiger partial charge in [-0.05, 0) is 37.0 Å². The quantitative estimate of drug-likeness (QED) is 0.515. The van der Waals surface area contributed by atoms with Crippen molar-refractivity contribution in [2.45, 2.75) is 52.0 Å². The third kappa shape index (κ3) is 7.37. The van der Waals surface area contributed by atoms with Gasteiger partial charge in [-0.1, -0.05) is 73.5 Å². The molecule has 1 unspecified atom stereocenters. The minimum Gasteiger partial charge on any atom is -0.354 e. The van der Waals surface area contributed by atoms with Gasteiger partial charge in [0, 0.05) is 23.9 Å². The van der Waals surface area contributed by atoms with Gasteiger partial charge in [0.25, 0.3) is 0 Å². The molecule has 0 spiro atoms. The summed E-state index contributed by atoms with van der Waals surface area (Å²) in [5.41, 5.74) is 3.24. The van der Waals surface area contributed by atoms with E-state index in [1.807, 2.05) is 44.2 Å². The first-order valence-electron chi connectivity index (χ1n) is 10.4. The molecule has 0 aliphatic carbocycles. The van der Waals surface area contributed by atoms with E-state index in [1.54, 1.807) is 16.7 Å². The topological polar surface area (TPSA) is 49.4 Å². The van der Waals surface area contributed by atoms with Crippen LogP contribution in [0.1, 0.15) is 43.4 Å². The van der Waals surface area contributed by atoms with Crippen LogP contribution in [0.2, 0.25) is 5.02 Å². The number of thioether (sulfide) groups is 1. The predicted molar refractivity (Wildman–Crippen MR) is 127 cm³/mol. The van der Waals surface area contributed by atoms with E-state index in [0.717, 1.165) is 17.7 Å². The lowest BCUT2D eigenvalue weighted by atomic mass is 10.1. The van der Waals surface area contributed by atoms with Crippen molar-refractivity contribution >= 4 is 35.2 Å². The standard InChI is InChI=1S/C24H31ClN2O2S/c1-4-13-26-24(29)22(5-2)27(15-20-11-6-7-12-21(20)25)23(28)17-30-16-19-10-8-9-18(3)14-19/h6-12,14,22H,4-5,13,15-17H2,1-3H3,(H,26,29). The molecule has 0 aliphatic rings. The second-order valence-corrected chi connectivity index (χ2v) is 8.70. The number of benzene rings is 2. The maximum Gasteiger partial charge on any atom is 0.242 e. The number of aryl methyl sites for hydroxylation is 1. The molecule has 0 aliphatic heterocycles. The van der Waals surface area contributed by atoms with E-state index in [2.05, 4.69) is 30.4 Å². The molecule has 6 heteroatoms. The fourth-order valence-electron chi connectivity index (χ4n) is 3.24. The fraction of sp³-hybridized carbons (Fsp3) is 0.417. The first kappa shape index (κ1) is 24.3. The van der Waals surface area contributed by atoms with Gasteiger partial charge in [0.1, 0.15) is 6.04 Å². The molecule has 1 atom stereocenters. The largest absolute Gasteiger partial charge is 0.354 e. The summed E-state index contributed by atoms with van der Waals surface area (Å²) >= 11 is 7.91. The molecule has 0 heterocycles. The number of carbonyl (C=O) groups excluding carboxylic acids is 2. The fourth-order valence-corrected chi connectivity index (χ4v) is 4.29. The van der Waals surface area contributed by atoms with Crippen molar-refractivity contribution in [3.63, 3.8) is 0 Å². The molecule has 30 heavy (non-hydrogen) atoms. The van der Waals surface area contributed by atoms with Crippen LogP contribution < -0.4 is 5.32 Å². The number of rotatable bonds is 11. The van der Waals surface area contributed by atoms with E-state index >= 15 is 0 Å². The summed E-state index contributed by atoms with van der Waals surface area (Å²) in [5, 5.41) is 3.54. The Hall–Kier alpha value is -1.98. The highest BCUT2D eigenvalue weighted by atomic mass is 35.5. The van der Waals surface area contributed by atoms with Gasteiger partial charge in [0.15, 0.2) is 0 Å². The third-order valence-corrected chi connectivity index (χ3v) is 6.17. The minimum atomic E-state index is -0.514. The van der Waals surface area contributed by atoms with Crippen molar-refractivity contribution in [1.82, 2.24) is 10.2 Å². The van der Waals surface area contributed by atoms with Crippen LogP contribution in [0.5, 0.6) is 0 Å². The smallest absolute Gasteiger partial charge is 0.242 e. The molecule has 0 saturated heterocycles. The molecule has 2 aromatic rings. The average Bonchev–Trinajstić information content (AvgIpc) is 2.73. The van der Waals surface area contributed by atoms with Crippen LogP contribution in [-0.4, -0.2) is 35.1 Å². The molecule has 1 N–H and O–H groups in total. The van der Waals surface area contributed by atoms with Gasteiger partial charge in [-0.2, -0.15) is 0 Å². The van der Waals surface area contributed by atoms with Crippen LogP contribution in [0, 0.1) is 6.92 Å². The Morgan fingerprint density at radius 1 is 1.13 bits per heavy atom. The summed E-state index contributed by atoms with van der Waals surface area (Å²) in [6.45, 7) is 6.93. The van der Waals surface area contributed by atoms with E-state index in [0.29, 0.717) is 30.3 Å². The lowest BCUT2D eigenvalue weighted by Crippen LogP contribution is -2.49. The summed E-state index contributed by atoms with van der Waals surface area (Å²) in [7, 11) is 0. The molecule has 2 aromatic carbocycles. The summed E-state index contributed by atoms with van der Waals surface area (Å²) in [6, 6.07) is 15.2. The second kappa shape index (κ2) is 12.7. The molecular weight excluding hydrogens is 416 g/mol. The third-order valence-electron chi connectivity index (χ3n) is 4.81. The predicted octanol–water partition coefficient (Wildman–Crippen LogP) is 5.22. The number of nitrogens with one attached hydrogen (secondary N) is 1. The Morgan fingerprint density at radius 3 is 2.57 bits per heavy atom. The molecule has 0 radical (unpaired) electrons. The monoisotopic (exact) mass is 446 g/mol. The number of hydrogen-bond acceptors (Lipinski definition) is 3. The number of hydrogen-bond donors (Lipinski definition) is 1. The van der Waals surface area contributed by atoms with Gasteiger partial charge in [-0.25, -0.2) is 0 Å². The zero-order valence-electron chi connectivity index (χ0n) is 18.0. The van der Waals surface area contributed by atoms with Gasteiger partial charge in [-0.3, -0.25) is 9.59 Å². The van der Waals surface area contributed by atoms with Crippen molar-refractivity contribution in [3.05, 3.63) is 70.2 Å². The molecule has 0 saturated carbocycles. The van der Waals surface area contributed by atoms with Crippen LogP contribution in [0.3, 0.4) is 0 Å². The average molecular weight is 447 g/mol. The Labute approximate surface area is 189 Å². The van der Waals surface area contributed by atoms with E-state index < -0.39 is 6.04 Å². The van der Waals surface area contributed by atoms with Crippen molar-refractivity contribution < 1.29 is 9.59 Å². The Bertz CT molecular complexity index is 843. The lowest BCUT2D eigenvalue weighted by molar-refractivity contribution is -0.139. The molecule has 2 amide bonds. The van der Waals surface area contributed by atoms with Crippen LogP contribution >= 0.6 is 23.4 Å². The highest BCUT2D eigenvalue weighted by Crippen LogP contribution is 2.21. The Balaban J connectivity index is 2.12. The van der Waals surface area contributed by atoms with Crippen molar-refractivity contribution in [1.29, 1.82) is 0 Å². The first-order chi connectivity index (χ1) is 14.5. The number of carbonyl (C=O) groups is 2. The highest BCUT2D eigenvalue weighted by Gasteiger charge is 2.28. The molecular formula is C24H31ClN2O2S. The van der Waals surface area contributed by atoms with Gasteiger partial charge in [-0.15, -0.1) is 11.8 Å². The zero-order valence-corrected chi connectivity index (χ0v) is 19.6. The number of amides is 2. The van der Waals surface area contributed by atoms with Crippen LogP contribution in [0.25, 0.3) is 0 Å². The molecule has 0 bridgehead atoms. The van der Waals surface area contributed by atoms with E-state index in [9.17, 15) is 9.59 Å². The summed E-state index contributed by atoms with van der Waals surface area (Å²) < 4.78 is 0. The molecule has 2 rings (SSSR count). The van der Waals surface area contributed by atoms with Crippen LogP contribution in [0.4, 0.5) is 0 Å². The number of halogens is 1. The summed E-state index contributed by atoms with van der Waals surface area (Å²) in [5.74, 6) is 0.914. The zero-order chi connectivity index (χ0) is 21.9. The molecule has 0 fully saturated rings. The SMILES string of the molecule is CCCNC(=O)C(CC)N(Cc1ccccc1Cl)C(=O)CSCc1cccc(C)c1. The van der Waals surface area contributed by atoms with Crippen molar-refractivity contribution in [2.24, 2.45) is 0 Å². The summed E-state index contributed by atoms with van der Waals surface area (Å²) in [4.78, 5) is 27.6. The molecule has 0 aromatic heterocycles. The highest BCUT2D eigenvalue weighted by molar-refractivity contribution is 7.99. The van der Waals surface area contributed by atoms with E-state index in [4.69, 9.17) is 11.6 Å². The lowest BCUT2D eigenvalue weighted by Gasteiger charge is -2.31. The Morgan fingerprint density at radius 2 is 1.90 bits per heavy atom. The minimum absolute atomic E-state index is 0.0499. The van der Waals surface area contributed by atoms with Crippen LogP contribution in [0.15, 0.2) is 48.5 Å². The first-order valence-corrected chi connectivity index (χ1v) is 11.9. The summed E-state index contributed by atoms with van der Waals surface area (Å²) in [6.07, 6.45) is 1.40. The van der Waals surface area contributed by atoms with Crippen LogP contribution in [-0.2, 0) is 21.9 Å². The second-order valence-electron chi connectivity index (χ2n) is 7.31. The van der Waals surface area contributed by atoms with Gasteiger partial charge in [0.05, 0.1) is 5.75 Å². The van der Waals surface area contributed by atoms with Crippen molar-refractivity contribution in [2.75, 3.05) is 12.3 Å². The van der Waals surface area contributed by atoms with E-state index in [1.165, 1.54) is 11.1 Å². The maximum atomic E-state index is 13.2. The van der Waals surface area contributed by atoms with E-state index in [-0.39, 0.29) is 11.8 Å². The Kier molecular flexibility index (Phi) is 10.2. The number of nitrogens with zero attached hydrogens (tertiary/aromatic N) is 1. The maximum absolute atomic E-state index is 13.2.